The molecule has 0 aromatic carbocycles. The Balaban J connectivity index is 1.92. The monoisotopic (exact) mass is 208 g/mol. The molecule has 82 valence electrons. The highest BCUT2D eigenvalue weighted by Crippen LogP contribution is 2.11. The van der Waals surface area contributed by atoms with Crippen molar-refractivity contribution in [2.45, 2.75) is 26.2 Å². The highest BCUT2D eigenvalue weighted by atomic mass is 19.1. The molecule has 1 aliphatic heterocycles. The molecule has 0 atom stereocenters. The van der Waals surface area contributed by atoms with Gasteiger partial charge in [-0.25, -0.2) is 4.39 Å². The standard InChI is InChI=1S/C12H17FN2/c1-10-8-11(13)12(14-9-10)4-7-15-5-2-3-6-15/h8-9H,2-7H2,1H3. The van der Waals surface area contributed by atoms with Gasteiger partial charge in [0.25, 0.3) is 0 Å². The van der Waals surface area contributed by atoms with E-state index in [1.807, 2.05) is 6.92 Å². The van der Waals surface area contributed by atoms with Gasteiger partial charge in [-0.05, 0) is 44.5 Å². The first-order chi connectivity index (χ1) is 7.25. The van der Waals surface area contributed by atoms with Crippen molar-refractivity contribution in [3.63, 3.8) is 0 Å². The molecule has 0 spiro atoms. The molecule has 1 fully saturated rings. The molecule has 2 heterocycles. The van der Waals surface area contributed by atoms with Crippen LogP contribution in [0.4, 0.5) is 4.39 Å². The van der Waals surface area contributed by atoms with E-state index in [9.17, 15) is 4.39 Å². The molecule has 3 heteroatoms. The first kappa shape index (κ1) is 10.6. The quantitative estimate of drug-likeness (QED) is 0.756. The topological polar surface area (TPSA) is 16.1 Å². The Labute approximate surface area is 90.1 Å². The second-order valence-electron chi connectivity index (χ2n) is 4.24. The van der Waals surface area contributed by atoms with E-state index >= 15 is 0 Å². The van der Waals surface area contributed by atoms with Crippen LogP contribution in [0, 0.1) is 12.7 Å². The van der Waals surface area contributed by atoms with E-state index < -0.39 is 0 Å². The van der Waals surface area contributed by atoms with E-state index in [0.717, 1.165) is 31.6 Å². The molecule has 0 amide bonds. The van der Waals surface area contributed by atoms with E-state index in [0.29, 0.717) is 5.69 Å². The van der Waals surface area contributed by atoms with Crippen LogP contribution in [0.15, 0.2) is 12.3 Å². The van der Waals surface area contributed by atoms with Gasteiger partial charge in [-0.15, -0.1) is 0 Å². The molecule has 2 rings (SSSR count). The number of aromatic nitrogens is 1. The molecule has 0 aliphatic carbocycles. The lowest BCUT2D eigenvalue weighted by Crippen LogP contribution is -2.22. The number of pyridine rings is 1. The summed E-state index contributed by atoms with van der Waals surface area (Å²) in [7, 11) is 0. The van der Waals surface area contributed by atoms with Crippen molar-refractivity contribution in [2.24, 2.45) is 0 Å². The summed E-state index contributed by atoms with van der Waals surface area (Å²) in [5.74, 6) is -0.158. The zero-order valence-electron chi connectivity index (χ0n) is 9.17. The summed E-state index contributed by atoms with van der Waals surface area (Å²) in [4.78, 5) is 6.51. The number of likely N-dealkylation sites (tertiary alicyclic amines) is 1. The third-order valence-corrected chi connectivity index (χ3v) is 2.92. The summed E-state index contributed by atoms with van der Waals surface area (Å²) >= 11 is 0. The van der Waals surface area contributed by atoms with E-state index in [4.69, 9.17) is 0 Å². The van der Waals surface area contributed by atoms with Crippen LogP contribution >= 0.6 is 0 Å². The van der Waals surface area contributed by atoms with Crippen LogP contribution in [0.3, 0.4) is 0 Å². The Hall–Kier alpha value is -0.960. The number of aryl methyl sites for hydroxylation is 1. The average Bonchev–Trinajstić information content (AvgIpc) is 2.69. The number of hydrogen-bond donors (Lipinski definition) is 0. The fraction of sp³-hybridized carbons (Fsp3) is 0.583. The van der Waals surface area contributed by atoms with Gasteiger partial charge < -0.3 is 4.90 Å². The molecular weight excluding hydrogens is 191 g/mol. The van der Waals surface area contributed by atoms with Gasteiger partial charge in [0.2, 0.25) is 0 Å². The van der Waals surface area contributed by atoms with Crippen molar-refractivity contribution in [3.05, 3.63) is 29.3 Å². The SMILES string of the molecule is Cc1cnc(CCN2CCCC2)c(F)c1. The first-order valence-electron chi connectivity index (χ1n) is 5.59. The lowest BCUT2D eigenvalue weighted by molar-refractivity contribution is 0.340. The summed E-state index contributed by atoms with van der Waals surface area (Å²) in [6.45, 7) is 5.12. The smallest absolute Gasteiger partial charge is 0.144 e. The maximum Gasteiger partial charge on any atom is 0.144 e. The number of hydrogen-bond acceptors (Lipinski definition) is 2. The van der Waals surface area contributed by atoms with E-state index in [2.05, 4.69) is 9.88 Å². The Morgan fingerprint density at radius 1 is 1.40 bits per heavy atom. The van der Waals surface area contributed by atoms with Crippen molar-refractivity contribution in [3.8, 4) is 0 Å². The van der Waals surface area contributed by atoms with Crippen molar-refractivity contribution in [1.29, 1.82) is 0 Å². The van der Waals surface area contributed by atoms with Gasteiger partial charge in [-0.3, -0.25) is 4.98 Å². The molecule has 1 aromatic rings. The lowest BCUT2D eigenvalue weighted by Gasteiger charge is -2.13. The summed E-state index contributed by atoms with van der Waals surface area (Å²) in [6, 6.07) is 1.56. The summed E-state index contributed by atoms with van der Waals surface area (Å²) in [5.41, 5.74) is 1.49. The molecule has 0 N–H and O–H groups in total. The number of halogens is 1. The lowest BCUT2D eigenvalue weighted by atomic mass is 10.2. The molecule has 2 nitrogen and oxygen atoms in total. The number of rotatable bonds is 3. The van der Waals surface area contributed by atoms with Crippen molar-refractivity contribution >= 4 is 0 Å². The zero-order chi connectivity index (χ0) is 10.7. The van der Waals surface area contributed by atoms with Crippen LogP contribution in [0.1, 0.15) is 24.1 Å². The fourth-order valence-electron chi connectivity index (χ4n) is 2.02. The fourth-order valence-corrected chi connectivity index (χ4v) is 2.02. The van der Waals surface area contributed by atoms with Crippen LogP contribution < -0.4 is 0 Å². The van der Waals surface area contributed by atoms with Crippen LogP contribution in [-0.2, 0) is 6.42 Å². The predicted molar refractivity (Wildman–Crippen MR) is 58.3 cm³/mol. The van der Waals surface area contributed by atoms with Crippen LogP contribution in [0.25, 0.3) is 0 Å². The molecule has 1 aromatic heterocycles. The van der Waals surface area contributed by atoms with Gasteiger partial charge in [0, 0.05) is 19.2 Å². The van der Waals surface area contributed by atoms with Crippen LogP contribution in [0.5, 0.6) is 0 Å². The molecule has 0 saturated carbocycles. The van der Waals surface area contributed by atoms with Gasteiger partial charge in [0.15, 0.2) is 0 Å². The zero-order valence-corrected chi connectivity index (χ0v) is 9.17. The molecular formula is C12H17FN2. The molecule has 1 saturated heterocycles. The summed E-state index contributed by atoms with van der Waals surface area (Å²) in [5, 5.41) is 0. The van der Waals surface area contributed by atoms with E-state index in [1.165, 1.54) is 12.8 Å². The highest BCUT2D eigenvalue weighted by molar-refractivity contribution is 5.15. The molecule has 0 bridgehead atoms. The van der Waals surface area contributed by atoms with Crippen molar-refractivity contribution in [1.82, 2.24) is 9.88 Å². The minimum absolute atomic E-state index is 0.158. The van der Waals surface area contributed by atoms with Crippen molar-refractivity contribution < 1.29 is 4.39 Å². The average molecular weight is 208 g/mol. The van der Waals surface area contributed by atoms with Gasteiger partial charge in [-0.2, -0.15) is 0 Å². The predicted octanol–water partition coefficient (Wildman–Crippen LogP) is 2.17. The van der Waals surface area contributed by atoms with Gasteiger partial charge in [0.05, 0.1) is 5.69 Å². The largest absolute Gasteiger partial charge is 0.303 e. The first-order valence-corrected chi connectivity index (χ1v) is 5.59. The van der Waals surface area contributed by atoms with Crippen molar-refractivity contribution in [2.75, 3.05) is 19.6 Å². The normalized spacial score (nSPS) is 17.2. The Kier molecular flexibility index (Phi) is 3.31. The Morgan fingerprint density at radius 3 is 2.80 bits per heavy atom. The summed E-state index contributed by atoms with van der Waals surface area (Å²) in [6.07, 6.45) is 5.03. The van der Waals surface area contributed by atoms with E-state index in [-0.39, 0.29) is 5.82 Å². The number of nitrogens with zero attached hydrogens (tertiary/aromatic N) is 2. The maximum absolute atomic E-state index is 13.4. The third kappa shape index (κ3) is 2.75. The highest BCUT2D eigenvalue weighted by Gasteiger charge is 2.12. The van der Waals surface area contributed by atoms with Gasteiger partial charge in [-0.1, -0.05) is 0 Å². The minimum Gasteiger partial charge on any atom is -0.303 e. The van der Waals surface area contributed by atoms with Gasteiger partial charge >= 0.3 is 0 Å². The Morgan fingerprint density at radius 2 is 2.13 bits per heavy atom. The molecule has 1 aliphatic rings. The summed E-state index contributed by atoms with van der Waals surface area (Å²) < 4.78 is 13.4. The van der Waals surface area contributed by atoms with E-state index in [1.54, 1.807) is 12.3 Å². The second-order valence-corrected chi connectivity index (χ2v) is 4.24. The molecule has 0 radical (unpaired) electrons. The molecule has 15 heavy (non-hydrogen) atoms. The van der Waals surface area contributed by atoms with Gasteiger partial charge in [0.1, 0.15) is 5.82 Å². The minimum atomic E-state index is -0.158. The molecule has 0 unspecified atom stereocenters. The van der Waals surface area contributed by atoms with Crippen LogP contribution in [-0.4, -0.2) is 29.5 Å². The third-order valence-electron chi connectivity index (χ3n) is 2.92. The van der Waals surface area contributed by atoms with Crippen LogP contribution in [0.2, 0.25) is 0 Å². The Bertz CT molecular complexity index is 332. The maximum atomic E-state index is 13.4. The second kappa shape index (κ2) is 4.71.